The summed E-state index contributed by atoms with van der Waals surface area (Å²) in [5.74, 6) is -0.167. The van der Waals surface area contributed by atoms with E-state index in [0.29, 0.717) is 15.8 Å². The first kappa shape index (κ1) is 16.5. The molecule has 7 heteroatoms. The topological polar surface area (TPSA) is 66.7 Å². The van der Waals surface area contributed by atoms with Crippen molar-refractivity contribution in [3.05, 3.63) is 59.1 Å². The molecule has 3 rings (SSSR count). The quantitative estimate of drug-likeness (QED) is 0.549. The molecule has 0 bridgehead atoms. The Kier molecular flexibility index (Phi) is 5.12. The number of nitrogens with one attached hydrogen (secondary N) is 1. The lowest BCUT2D eigenvalue weighted by Gasteiger charge is -1.97. The molecular weight excluding hydrogens is 388 g/mol. The number of carbonyl (C=O) groups excluding carboxylic acids is 1. The fourth-order valence-corrected chi connectivity index (χ4v) is 3.10. The summed E-state index contributed by atoms with van der Waals surface area (Å²) in [7, 11) is 0. The van der Waals surface area contributed by atoms with Crippen LogP contribution in [0.15, 0.2) is 69.3 Å². The second kappa shape index (κ2) is 7.46. The molecule has 0 atom stereocenters. The smallest absolute Gasteiger partial charge is 0.223 e. The Labute approximate surface area is 151 Å². The van der Waals surface area contributed by atoms with E-state index in [1.165, 1.54) is 18.3 Å². The Hall–Kier alpha value is -2.38. The summed E-state index contributed by atoms with van der Waals surface area (Å²) in [6, 6.07) is 17.2. The van der Waals surface area contributed by atoms with Gasteiger partial charge in [-0.15, -0.1) is 10.2 Å². The van der Waals surface area contributed by atoms with E-state index in [1.807, 2.05) is 54.6 Å². The molecule has 1 aromatic heterocycles. The van der Waals surface area contributed by atoms with Crippen molar-refractivity contribution in [1.82, 2.24) is 4.98 Å². The first-order valence-electron chi connectivity index (χ1n) is 7.13. The number of rotatable bonds is 4. The average molecular weight is 401 g/mol. The van der Waals surface area contributed by atoms with Gasteiger partial charge in [0, 0.05) is 17.0 Å². The molecule has 1 heterocycles. The number of carbonyl (C=O) groups is 1. The van der Waals surface area contributed by atoms with Gasteiger partial charge in [-0.2, -0.15) is 0 Å². The molecule has 0 fully saturated rings. The Balaban J connectivity index is 1.97. The van der Waals surface area contributed by atoms with Crippen LogP contribution >= 0.6 is 27.3 Å². The van der Waals surface area contributed by atoms with E-state index in [2.05, 4.69) is 36.5 Å². The molecule has 0 saturated heterocycles. The second-order valence-corrected chi connectivity index (χ2v) is 6.79. The highest BCUT2D eigenvalue weighted by atomic mass is 79.9. The van der Waals surface area contributed by atoms with E-state index in [1.54, 1.807) is 0 Å². The zero-order chi connectivity index (χ0) is 16.9. The Morgan fingerprint density at radius 3 is 2.46 bits per heavy atom. The molecule has 0 aliphatic carbocycles. The van der Waals surface area contributed by atoms with Crippen LogP contribution < -0.4 is 5.32 Å². The van der Waals surface area contributed by atoms with E-state index in [4.69, 9.17) is 0 Å². The largest absolute Gasteiger partial charge is 0.302 e. The number of benzene rings is 2. The van der Waals surface area contributed by atoms with E-state index >= 15 is 0 Å². The van der Waals surface area contributed by atoms with Crippen molar-refractivity contribution in [3.63, 3.8) is 0 Å². The van der Waals surface area contributed by atoms with Crippen molar-refractivity contribution < 1.29 is 4.79 Å². The van der Waals surface area contributed by atoms with Crippen LogP contribution in [0.1, 0.15) is 6.92 Å². The molecule has 0 saturated carbocycles. The summed E-state index contributed by atoms with van der Waals surface area (Å²) >= 11 is 4.68. The SMILES string of the molecule is CC(=O)Nc1nc(-c2ccccc2)c(N=Nc2ccc(Br)cc2)s1. The highest BCUT2D eigenvalue weighted by Crippen LogP contribution is 2.39. The van der Waals surface area contributed by atoms with Crippen molar-refractivity contribution in [2.75, 3.05) is 5.32 Å². The zero-order valence-electron chi connectivity index (χ0n) is 12.7. The van der Waals surface area contributed by atoms with Gasteiger partial charge >= 0.3 is 0 Å². The number of hydrogen-bond acceptors (Lipinski definition) is 5. The number of anilines is 1. The maximum absolute atomic E-state index is 11.3. The highest BCUT2D eigenvalue weighted by molar-refractivity contribution is 9.10. The number of amides is 1. The van der Waals surface area contributed by atoms with Crippen LogP contribution in [0, 0.1) is 0 Å². The molecule has 0 aliphatic heterocycles. The van der Waals surface area contributed by atoms with Gasteiger partial charge in [-0.3, -0.25) is 4.79 Å². The van der Waals surface area contributed by atoms with Gasteiger partial charge in [0.25, 0.3) is 0 Å². The van der Waals surface area contributed by atoms with Crippen LogP contribution in [-0.2, 0) is 4.79 Å². The molecule has 0 unspecified atom stereocenters. The summed E-state index contributed by atoms with van der Waals surface area (Å²) in [5, 5.41) is 12.4. The average Bonchev–Trinajstić information content (AvgIpc) is 2.97. The zero-order valence-corrected chi connectivity index (χ0v) is 15.1. The van der Waals surface area contributed by atoms with Gasteiger partial charge in [-0.25, -0.2) is 4.98 Å². The fourth-order valence-electron chi connectivity index (χ4n) is 1.98. The lowest BCUT2D eigenvalue weighted by molar-refractivity contribution is -0.114. The maximum Gasteiger partial charge on any atom is 0.223 e. The van der Waals surface area contributed by atoms with Gasteiger partial charge in [0.05, 0.1) is 5.69 Å². The molecule has 0 spiro atoms. The van der Waals surface area contributed by atoms with Crippen LogP contribution in [-0.4, -0.2) is 10.9 Å². The molecule has 120 valence electrons. The van der Waals surface area contributed by atoms with Crippen molar-refractivity contribution in [3.8, 4) is 11.3 Å². The van der Waals surface area contributed by atoms with Crippen LogP contribution in [0.4, 0.5) is 15.8 Å². The summed E-state index contributed by atoms with van der Waals surface area (Å²) in [6.45, 7) is 1.45. The molecule has 1 amide bonds. The van der Waals surface area contributed by atoms with E-state index in [9.17, 15) is 4.79 Å². The highest BCUT2D eigenvalue weighted by Gasteiger charge is 2.13. The normalized spacial score (nSPS) is 10.9. The molecule has 0 radical (unpaired) electrons. The molecule has 1 N–H and O–H groups in total. The van der Waals surface area contributed by atoms with Gasteiger partial charge in [-0.05, 0) is 24.3 Å². The number of azo groups is 1. The van der Waals surface area contributed by atoms with Gasteiger partial charge in [0.1, 0.15) is 5.69 Å². The third kappa shape index (κ3) is 4.12. The number of thiazole rings is 1. The Bertz CT molecular complexity index is 875. The predicted molar refractivity (Wildman–Crippen MR) is 100 cm³/mol. The molecule has 2 aromatic carbocycles. The van der Waals surface area contributed by atoms with Crippen LogP contribution in [0.5, 0.6) is 0 Å². The second-order valence-electron chi connectivity index (χ2n) is 4.90. The molecular formula is C17H13BrN4OS. The van der Waals surface area contributed by atoms with Gasteiger partial charge < -0.3 is 5.32 Å². The number of aromatic nitrogens is 1. The first-order valence-corrected chi connectivity index (χ1v) is 8.74. The lowest BCUT2D eigenvalue weighted by atomic mass is 10.2. The monoisotopic (exact) mass is 400 g/mol. The van der Waals surface area contributed by atoms with Crippen LogP contribution in [0.25, 0.3) is 11.3 Å². The number of nitrogens with zero attached hydrogens (tertiary/aromatic N) is 3. The van der Waals surface area contributed by atoms with Crippen molar-refractivity contribution in [2.45, 2.75) is 6.92 Å². The van der Waals surface area contributed by atoms with E-state index < -0.39 is 0 Å². The van der Waals surface area contributed by atoms with E-state index in [-0.39, 0.29) is 5.91 Å². The minimum Gasteiger partial charge on any atom is -0.302 e. The van der Waals surface area contributed by atoms with Gasteiger partial charge in [0.2, 0.25) is 5.91 Å². The van der Waals surface area contributed by atoms with Gasteiger partial charge in [-0.1, -0.05) is 57.6 Å². The fraction of sp³-hybridized carbons (Fsp3) is 0.0588. The molecule has 24 heavy (non-hydrogen) atoms. The standard InChI is InChI=1S/C17H13BrN4OS/c1-11(23)19-17-20-15(12-5-3-2-4-6-12)16(24-17)22-21-14-9-7-13(18)8-10-14/h2-10H,1H3,(H,19,20,23). The summed E-state index contributed by atoms with van der Waals surface area (Å²) in [4.78, 5) is 15.8. The number of hydrogen-bond donors (Lipinski definition) is 1. The first-order chi connectivity index (χ1) is 11.6. The molecule has 0 aliphatic rings. The minimum atomic E-state index is -0.167. The number of halogens is 1. The van der Waals surface area contributed by atoms with Crippen LogP contribution in [0.2, 0.25) is 0 Å². The molecule has 3 aromatic rings. The Morgan fingerprint density at radius 1 is 1.08 bits per heavy atom. The Morgan fingerprint density at radius 2 is 1.79 bits per heavy atom. The third-order valence-electron chi connectivity index (χ3n) is 3.02. The minimum absolute atomic E-state index is 0.167. The van der Waals surface area contributed by atoms with Crippen molar-refractivity contribution in [1.29, 1.82) is 0 Å². The summed E-state index contributed by atoms with van der Waals surface area (Å²) in [5.41, 5.74) is 2.37. The predicted octanol–water partition coefficient (Wildman–Crippen LogP) is 5.95. The maximum atomic E-state index is 11.3. The summed E-state index contributed by atoms with van der Waals surface area (Å²) in [6.07, 6.45) is 0. The third-order valence-corrected chi connectivity index (χ3v) is 4.41. The van der Waals surface area contributed by atoms with E-state index in [0.717, 1.165) is 15.7 Å². The molecule has 5 nitrogen and oxygen atoms in total. The van der Waals surface area contributed by atoms with Gasteiger partial charge in [0.15, 0.2) is 10.1 Å². The lowest BCUT2D eigenvalue weighted by Crippen LogP contribution is -2.04. The van der Waals surface area contributed by atoms with Crippen molar-refractivity contribution in [2.24, 2.45) is 10.2 Å². The summed E-state index contributed by atoms with van der Waals surface area (Å²) < 4.78 is 0.983. The van der Waals surface area contributed by atoms with Crippen molar-refractivity contribution >= 4 is 49.0 Å². The van der Waals surface area contributed by atoms with Crippen LogP contribution in [0.3, 0.4) is 0 Å².